The molecule has 0 atom stereocenters. The van der Waals surface area contributed by atoms with Gasteiger partial charge >= 0.3 is 5.97 Å². The van der Waals surface area contributed by atoms with E-state index in [1.165, 1.54) is 16.7 Å². The highest BCUT2D eigenvalue weighted by atomic mass is 32.2. The van der Waals surface area contributed by atoms with E-state index in [4.69, 9.17) is 9.52 Å². The van der Waals surface area contributed by atoms with Crippen LogP contribution in [0.3, 0.4) is 0 Å². The maximum absolute atomic E-state index is 12.1. The van der Waals surface area contributed by atoms with Crippen LogP contribution in [0.1, 0.15) is 13.8 Å². The summed E-state index contributed by atoms with van der Waals surface area (Å²) >= 11 is 1.17. The third-order valence-corrected chi connectivity index (χ3v) is 3.66. The van der Waals surface area contributed by atoms with Gasteiger partial charge in [0.1, 0.15) is 12.1 Å². The first-order chi connectivity index (χ1) is 9.97. The van der Waals surface area contributed by atoms with Crippen molar-refractivity contribution in [3.8, 4) is 0 Å². The largest absolute Gasteiger partial charge is 0.480 e. The molecule has 0 bridgehead atoms. The van der Waals surface area contributed by atoms with Gasteiger partial charge in [0, 0.05) is 6.04 Å². The van der Waals surface area contributed by atoms with E-state index in [0.717, 1.165) is 5.52 Å². The van der Waals surface area contributed by atoms with Gasteiger partial charge < -0.3 is 14.4 Å². The standard InChI is InChI=1S/C14H16N2O4S/c1-9(2)16(7-13(18)19)12(17)8-21-14-15-10-5-3-4-6-11(10)20-14/h3-6,9H,7-8H2,1-2H3,(H,18,19). The second-order valence-corrected chi connectivity index (χ2v) is 5.67. The Bertz CT molecular complexity index is 620. The van der Waals surface area contributed by atoms with Crippen LogP contribution in [0.4, 0.5) is 0 Å². The van der Waals surface area contributed by atoms with Crippen molar-refractivity contribution >= 4 is 34.7 Å². The highest BCUT2D eigenvalue weighted by molar-refractivity contribution is 7.99. The van der Waals surface area contributed by atoms with Crippen LogP contribution in [0.15, 0.2) is 33.9 Å². The van der Waals surface area contributed by atoms with Crippen LogP contribution in [0, 0.1) is 0 Å². The Morgan fingerprint density at radius 2 is 2.10 bits per heavy atom. The number of hydrogen-bond acceptors (Lipinski definition) is 5. The van der Waals surface area contributed by atoms with E-state index in [2.05, 4.69) is 4.98 Å². The third kappa shape index (κ3) is 3.98. The summed E-state index contributed by atoms with van der Waals surface area (Å²) in [5.74, 6) is -1.18. The first kappa shape index (κ1) is 15.4. The Balaban J connectivity index is 2.00. The number of benzene rings is 1. The van der Waals surface area contributed by atoms with Crippen molar-refractivity contribution in [1.82, 2.24) is 9.88 Å². The number of hydrogen-bond donors (Lipinski definition) is 1. The maximum atomic E-state index is 12.1. The van der Waals surface area contributed by atoms with Crippen LogP contribution < -0.4 is 0 Å². The van der Waals surface area contributed by atoms with E-state index in [-0.39, 0.29) is 24.2 Å². The van der Waals surface area contributed by atoms with Crippen LogP contribution in [0.2, 0.25) is 0 Å². The fraction of sp³-hybridized carbons (Fsp3) is 0.357. The first-order valence-corrected chi connectivity index (χ1v) is 7.45. The Morgan fingerprint density at radius 3 is 2.71 bits per heavy atom. The molecule has 0 saturated heterocycles. The Morgan fingerprint density at radius 1 is 1.38 bits per heavy atom. The summed E-state index contributed by atoms with van der Waals surface area (Å²) in [5, 5.41) is 9.24. The molecular weight excluding hydrogens is 292 g/mol. The minimum atomic E-state index is -1.02. The van der Waals surface area contributed by atoms with E-state index >= 15 is 0 Å². The van der Waals surface area contributed by atoms with Crippen molar-refractivity contribution < 1.29 is 19.1 Å². The number of oxazole rings is 1. The lowest BCUT2D eigenvalue weighted by Crippen LogP contribution is -2.41. The van der Waals surface area contributed by atoms with Gasteiger partial charge in [-0.1, -0.05) is 23.9 Å². The fourth-order valence-electron chi connectivity index (χ4n) is 1.82. The average molecular weight is 308 g/mol. The molecular formula is C14H16N2O4S. The quantitative estimate of drug-likeness (QED) is 0.824. The molecule has 0 unspecified atom stereocenters. The zero-order valence-corrected chi connectivity index (χ0v) is 12.6. The monoisotopic (exact) mass is 308 g/mol. The van der Waals surface area contributed by atoms with Crippen molar-refractivity contribution in [2.45, 2.75) is 25.1 Å². The zero-order valence-electron chi connectivity index (χ0n) is 11.8. The molecule has 1 N–H and O–H groups in total. The Labute approximate surface area is 126 Å². The minimum absolute atomic E-state index is 0.0955. The van der Waals surface area contributed by atoms with Gasteiger partial charge in [0.25, 0.3) is 5.22 Å². The molecule has 6 nitrogen and oxygen atoms in total. The number of carboxylic acid groups (broad SMARTS) is 1. The lowest BCUT2D eigenvalue weighted by Gasteiger charge is -2.24. The summed E-state index contributed by atoms with van der Waals surface area (Å²) in [6.45, 7) is 3.26. The molecule has 2 rings (SSSR count). The third-order valence-electron chi connectivity index (χ3n) is 2.84. The number of nitrogens with zero attached hydrogens (tertiary/aromatic N) is 2. The molecule has 112 valence electrons. The summed E-state index contributed by atoms with van der Waals surface area (Å²) < 4.78 is 5.50. The number of carbonyl (C=O) groups excluding carboxylic acids is 1. The van der Waals surface area contributed by atoms with Gasteiger partial charge in [-0.3, -0.25) is 9.59 Å². The second kappa shape index (κ2) is 6.62. The van der Waals surface area contributed by atoms with Crippen molar-refractivity contribution in [1.29, 1.82) is 0 Å². The van der Waals surface area contributed by atoms with Crippen molar-refractivity contribution in [3.63, 3.8) is 0 Å². The predicted molar refractivity (Wildman–Crippen MR) is 79.2 cm³/mol. The number of para-hydroxylation sites is 2. The van der Waals surface area contributed by atoms with Crippen LogP contribution in [-0.2, 0) is 9.59 Å². The summed E-state index contributed by atoms with van der Waals surface area (Å²) in [5.41, 5.74) is 1.40. The van der Waals surface area contributed by atoms with Gasteiger partial charge in [0.05, 0.1) is 5.75 Å². The maximum Gasteiger partial charge on any atom is 0.323 e. The van der Waals surface area contributed by atoms with E-state index in [0.29, 0.717) is 10.8 Å². The molecule has 0 aliphatic heterocycles. The van der Waals surface area contributed by atoms with Gasteiger partial charge in [-0.05, 0) is 26.0 Å². The molecule has 21 heavy (non-hydrogen) atoms. The highest BCUT2D eigenvalue weighted by Gasteiger charge is 2.20. The topological polar surface area (TPSA) is 83.6 Å². The average Bonchev–Trinajstić information content (AvgIpc) is 2.84. The molecule has 1 aromatic carbocycles. The van der Waals surface area contributed by atoms with Crippen LogP contribution in [-0.4, -0.2) is 45.2 Å². The van der Waals surface area contributed by atoms with Crippen LogP contribution >= 0.6 is 11.8 Å². The van der Waals surface area contributed by atoms with Gasteiger partial charge in [0.2, 0.25) is 5.91 Å². The number of fused-ring (bicyclic) bond motifs is 1. The lowest BCUT2D eigenvalue weighted by molar-refractivity contribution is -0.144. The zero-order chi connectivity index (χ0) is 15.4. The van der Waals surface area contributed by atoms with Crippen LogP contribution in [0.5, 0.6) is 0 Å². The summed E-state index contributed by atoms with van der Waals surface area (Å²) in [7, 11) is 0. The minimum Gasteiger partial charge on any atom is -0.480 e. The highest BCUT2D eigenvalue weighted by Crippen LogP contribution is 2.23. The number of carboxylic acids is 1. The normalized spacial score (nSPS) is 11.0. The van der Waals surface area contributed by atoms with Gasteiger partial charge in [-0.25, -0.2) is 4.98 Å². The molecule has 1 aromatic heterocycles. The van der Waals surface area contributed by atoms with Gasteiger partial charge in [0.15, 0.2) is 5.58 Å². The van der Waals surface area contributed by atoms with Crippen molar-refractivity contribution in [3.05, 3.63) is 24.3 Å². The summed E-state index contributed by atoms with van der Waals surface area (Å²) in [6.07, 6.45) is 0. The lowest BCUT2D eigenvalue weighted by atomic mass is 10.3. The van der Waals surface area contributed by atoms with E-state index in [1.807, 2.05) is 18.2 Å². The predicted octanol–water partition coefficient (Wildman–Crippen LogP) is 2.24. The van der Waals surface area contributed by atoms with Crippen molar-refractivity contribution in [2.24, 2.45) is 0 Å². The second-order valence-electron chi connectivity index (χ2n) is 4.75. The molecule has 0 aliphatic carbocycles. The summed E-state index contributed by atoms with van der Waals surface area (Å²) in [4.78, 5) is 28.4. The fourth-order valence-corrected chi connectivity index (χ4v) is 2.55. The molecule has 2 aromatic rings. The molecule has 0 saturated carbocycles. The number of carbonyl (C=O) groups is 2. The number of amides is 1. The number of aliphatic carboxylic acids is 1. The number of aromatic nitrogens is 1. The van der Waals surface area contributed by atoms with E-state index < -0.39 is 5.97 Å². The van der Waals surface area contributed by atoms with Gasteiger partial charge in [-0.2, -0.15) is 0 Å². The SMILES string of the molecule is CC(C)N(CC(=O)O)C(=O)CSc1nc2ccccc2o1. The van der Waals surface area contributed by atoms with Crippen molar-refractivity contribution in [2.75, 3.05) is 12.3 Å². The van der Waals surface area contributed by atoms with E-state index in [9.17, 15) is 9.59 Å². The number of rotatable bonds is 6. The molecule has 0 spiro atoms. The molecule has 1 heterocycles. The molecule has 0 aliphatic rings. The van der Waals surface area contributed by atoms with E-state index in [1.54, 1.807) is 19.9 Å². The number of thioether (sulfide) groups is 1. The Hall–Kier alpha value is -2.02. The molecule has 7 heteroatoms. The molecule has 0 fully saturated rings. The van der Waals surface area contributed by atoms with Gasteiger partial charge in [-0.15, -0.1) is 0 Å². The molecule has 1 amide bonds. The Kier molecular flexibility index (Phi) is 4.85. The van der Waals surface area contributed by atoms with Crippen LogP contribution in [0.25, 0.3) is 11.1 Å². The first-order valence-electron chi connectivity index (χ1n) is 6.47. The summed E-state index contributed by atoms with van der Waals surface area (Å²) in [6, 6.07) is 7.17. The molecule has 0 radical (unpaired) electrons. The smallest absolute Gasteiger partial charge is 0.323 e.